The number of anilines is 2. The molecule has 15 heteroatoms. The molecular weight excluding hydrogens is 699 g/mol. The first-order valence-corrected chi connectivity index (χ1v) is 17.6. The van der Waals surface area contributed by atoms with Gasteiger partial charge in [0.15, 0.2) is 11.5 Å². The van der Waals surface area contributed by atoms with Crippen molar-refractivity contribution in [2.75, 3.05) is 37.7 Å². The molecule has 6 rings (SSSR count). The van der Waals surface area contributed by atoms with Crippen molar-refractivity contribution < 1.29 is 42.9 Å². The quantitative estimate of drug-likeness (QED) is 0.168. The van der Waals surface area contributed by atoms with Gasteiger partial charge in [0.25, 0.3) is 0 Å². The van der Waals surface area contributed by atoms with Crippen LogP contribution in [0.1, 0.15) is 50.9 Å². The first kappa shape index (κ1) is 35.4. The highest BCUT2D eigenvalue weighted by molar-refractivity contribution is 8.00. The monoisotopic (exact) mass is 731 g/mol. The van der Waals surface area contributed by atoms with Gasteiger partial charge in [0.2, 0.25) is 17.7 Å². The molecule has 0 saturated carbocycles. The molecule has 3 unspecified atom stereocenters. The molecule has 1 aromatic heterocycles. The topological polar surface area (TPSA) is 160 Å². The van der Waals surface area contributed by atoms with Gasteiger partial charge in [0, 0.05) is 16.5 Å². The molecule has 3 amide bonds. The van der Waals surface area contributed by atoms with Crippen molar-refractivity contribution in [1.82, 2.24) is 4.57 Å². The van der Waals surface area contributed by atoms with Crippen molar-refractivity contribution in [3.8, 4) is 11.5 Å². The van der Waals surface area contributed by atoms with Crippen LogP contribution in [0.25, 0.3) is 0 Å². The van der Waals surface area contributed by atoms with Crippen LogP contribution in [0, 0.1) is 5.92 Å². The number of methoxy groups -OCH3 is 2. The number of benzene rings is 3. The summed E-state index contributed by atoms with van der Waals surface area (Å²) in [5.74, 6) is -3.29. The van der Waals surface area contributed by atoms with E-state index < -0.39 is 51.6 Å². The Morgan fingerprint density at radius 2 is 1.39 bits per heavy atom. The number of thioether (sulfide) groups is 1. The summed E-state index contributed by atoms with van der Waals surface area (Å²) in [7, 11) is 2.98. The number of ether oxygens (including phenoxy) is 4. The van der Waals surface area contributed by atoms with E-state index in [1.807, 2.05) is 0 Å². The molecule has 13 nitrogen and oxygen atoms in total. The second-order valence-electron chi connectivity index (χ2n) is 11.4. The SMILES string of the molecule is CCOC(=O)c1ccc(NC(=O)Cn2c3c(sc2=O)C(c2ccc(OC)c(OC)c2)C2C(=O)N(c4ccc(C(=O)OCC)cc4)C(=O)C2S3)cc1. The zero-order valence-corrected chi connectivity index (χ0v) is 29.6. The summed E-state index contributed by atoms with van der Waals surface area (Å²) in [6.07, 6.45) is 0. The van der Waals surface area contributed by atoms with Crippen LogP contribution in [-0.2, 0) is 30.4 Å². The fourth-order valence-corrected chi connectivity index (χ4v) is 8.90. The Hall–Kier alpha value is -5.41. The van der Waals surface area contributed by atoms with Gasteiger partial charge in [-0.25, -0.2) is 14.5 Å². The van der Waals surface area contributed by atoms with E-state index in [4.69, 9.17) is 18.9 Å². The van der Waals surface area contributed by atoms with Gasteiger partial charge in [-0.15, -0.1) is 0 Å². The van der Waals surface area contributed by atoms with Crippen LogP contribution in [0.4, 0.5) is 11.4 Å². The summed E-state index contributed by atoms with van der Waals surface area (Å²) >= 11 is 1.98. The number of amides is 3. The van der Waals surface area contributed by atoms with E-state index in [9.17, 15) is 28.8 Å². The maximum Gasteiger partial charge on any atom is 0.338 e. The second-order valence-corrected chi connectivity index (χ2v) is 13.5. The van der Waals surface area contributed by atoms with Crippen molar-refractivity contribution in [2.45, 2.75) is 36.6 Å². The number of nitrogens with one attached hydrogen (secondary N) is 1. The van der Waals surface area contributed by atoms with E-state index in [-0.39, 0.29) is 31.0 Å². The molecule has 3 aromatic carbocycles. The van der Waals surface area contributed by atoms with Gasteiger partial charge < -0.3 is 24.3 Å². The average Bonchev–Trinajstić information content (AvgIpc) is 3.57. The third-order valence-electron chi connectivity index (χ3n) is 8.43. The number of hydrogen-bond donors (Lipinski definition) is 1. The van der Waals surface area contributed by atoms with E-state index >= 15 is 0 Å². The zero-order valence-electron chi connectivity index (χ0n) is 28.0. The number of fused-ring (bicyclic) bond motifs is 2. The maximum absolute atomic E-state index is 14.3. The Morgan fingerprint density at radius 3 is 1.98 bits per heavy atom. The molecule has 3 heterocycles. The predicted octanol–water partition coefficient (Wildman–Crippen LogP) is 4.71. The largest absolute Gasteiger partial charge is 0.493 e. The maximum atomic E-state index is 14.3. The van der Waals surface area contributed by atoms with Crippen molar-refractivity contribution >= 4 is 64.1 Å². The number of thiazole rings is 1. The van der Waals surface area contributed by atoms with Crippen LogP contribution >= 0.6 is 23.1 Å². The van der Waals surface area contributed by atoms with Crippen LogP contribution in [0.15, 0.2) is 76.6 Å². The van der Waals surface area contributed by atoms with Crippen molar-refractivity contribution in [1.29, 1.82) is 0 Å². The molecule has 3 atom stereocenters. The van der Waals surface area contributed by atoms with Gasteiger partial charge >= 0.3 is 16.8 Å². The number of esters is 2. The number of carbonyl (C=O) groups is 5. The molecule has 2 aliphatic rings. The smallest absolute Gasteiger partial charge is 0.338 e. The Labute approximate surface area is 300 Å². The predicted molar refractivity (Wildman–Crippen MR) is 189 cm³/mol. The van der Waals surface area contributed by atoms with Crippen LogP contribution < -0.4 is 24.6 Å². The molecule has 1 saturated heterocycles. The number of carbonyl (C=O) groups excluding carboxylic acids is 5. The molecule has 0 radical (unpaired) electrons. The molecule has 2 aliphatic heterocycles. The first-order chi connectivity index (χ1) is 24.6. The van der Waals surface area contributed by atoms with Gasteiger partial charge in [-0.1, -0.05) is 29.2 Å². The number of hydrogen-bond acceptors (Lipinski definition) is 12. The third-order valence-corrected chi connectivity index (χ3v) is 11.0. The minimum atomic E-state index is -0.938. The Balaban J connectivity index is 1.35. The molecular formula is C36H33N3O10S2. The standard InChI is InChI=1S/C36H33N3O10S2/c1-5-48-34(43)19-7-12-22(13-8-19)37-26(40)18-38-33-30(51-36(38)45)27(21-11-16-24(46-3)25(17-21)47-4)28-29(50-33)32(42)39(31(28)41)23-14-9-20(10-15-23)35(44)49-6-2/h7-17,27-29H,5-6,18H2,1-4H3,(H,37,40). The van der Waals surface area contributed by atoms with Gasteiger partial charge in [0.05, 0.1) is 55.2 Å². The lowest BCUT2D eigenvalue weighted by atomic mass is 9.83. The molecule has 0 spiro atoms. The summed E-state index contributed by atoms with van der Waals surface area (Å²) < 4.78 is 22.4. The first-order valence-electron chi connectivity index (χ1n) is 15.9. The molecule has 1 N–H and O–H groups in total. The highest BCUT2D eigenvalue weighted by Gasteiger charge is 2.57. The normalized spacial score (nSPS) is 17.7. The fraction of sp³-hybridized carbons (Fsp3) is 0.278. The Morgan fingerprint density at radius 1 is 0.784 bits per heavy atom. The van der Waals surface area contributed by atoms with Gasteiger partial charge in [-0.3, -0.25) is 23.7 Å². The van der Waals surface area contributed by atoms with Crippen molar-refractivity contribution in [3.63, 3.8) is 0 Å². The zero-order chi connectivity index (χ0) is 36.4. The molecule has 51 heavy (non-hydrogen) atoms. The second kappa shape index (κ2) is 14.8. The van der Waals surface area contributed by atoms with Crippen LogP contribution in [0.3, 0.4) is 0 Å². The lowest BCUT2D eigenvalue weighted by Gasteiger charge is -2.31. The lowest BCUT2D eigenvalue weighted by Crippen LogP contribution is -2.33. The lowest BCUT2D eigenvalue weighted by molar-refractivity contribution is -0.122. The number of imide groups is 1. The third kappa shape index (κ3) is 6.73. The number of aromatic nitrogens is 1. The van der Waals surface area contributed by atoms with Crippen LogP contribution in [-0.4, -0.2) is 66.9 Å². The summed E-state index contributed by atoms with van der Waals surface area (Å²) in [5.41, 5.74) is 1.90. The van der Waals surface area contributed by atoms with E-state index in [1.54, 1.807) is 44.2 Å². The van der Waals surface area contributed by atoms with Crippen molar-refractivity contribution in [2.24, 2.45) is 5.92 Å². The van der Waals surface area contributed by atoms with Gasteiger partial charge in [-0.2, -0.15) is 0 Å². The highest BCUT2D eigenvalue weighted by atomic mass is 32.2. The molecule has 0 aliphatic carbocycles. The minimum absolute atomic E-state index is 0.197. The highest BCUT2D eigenvalue weighted by Crippen LogP contribution is 2.54. The average molecular weight is 732 g/mol. The van der Waals surface area contributed by atoms with E-state index in [2.05, 4.69) is 5.32 Å². The van der Waals surface area contributed by atoms with Crippen molar-refractivity contribution in [3.05, 3.63) is 98.0 Å². The Bertz CT molecular complexity index is 2070. The van der Waals surface area contributed by atoms with Gasteiger partial charge in [-0.05, 0) is 80.1 Å². The number of nitrogens with zero attached hydrogens (tertiary/aromatic N) is 2. The van der Waals surface area contributed by atoms with E-state index in [0.717, 1.165) is 28.0 Å². The molecule has 4 aromatic rings. The van der Waals surface area contributed by atoms with Crippen LogP contribution in [0.2, 0.25) is 0 Å². The minimum Gasteiger partial charge on any atom is -0.493 e. The molecule has 0 bridgehead atoms. The summed E-state index contributed by atoms with van der Waals surface area (Å²) in [4.78, 5) is 80.7. The molecule has 264 valence electrons. The number of rotatable bonds is 11. The summed E-state index contributed by atoms with van der Waals surface area (Å²) in [6, 6.07) is 17.4. The molecule has 1 fully saturated rings. The van der Waals surface area contributed by atoms with Gasteiger partial charge in [0.1, 0.15) is 11.8 Å². The Kier molecular flexibility index (Phi) is 10.3. The summed E-state index contributed by atoms with van der Waals surface area (Å²) in [6.45, 7) is 3.46. The van der Waals surface area contributed by atoms with E-state index in [0.29, 0.717) is 38.2 Å². The van der Waals surface area contributed by atoms with Crippen LogP contribution in [0.5, 0.6) is 11.5 Å². The van der Waals surface area contributed by atoms with E-state index in [1.165, 1.54) is 55.2 Å². The summed E-state index contributed by atoms with van der Waals surface area (Å²) in [5, 5.41) is 2.21. The fourth-order valence-electron chi connectivity index (χ4n) is 6.12.